The van der Waals surface area contributed by atoms with Gasteiger partial charge in [0.1, 0.15) is 0 Å². The lowest BCUT2D eigenvalue weighted by Crippen LogP contribution is -2.49. The maximum Gasteiger partial charge on any atom is 0.343 e. The monoisotopic (exact) mass is 388 g/mol. The number of carbonyl (C=O) groups is 1. The van der Waals surface area contributed by atoms with E-state index < -0.39 is 29.8 Å². The van der Waals surface area contributed by atoms with Crippen LogP contribution in [-0.2, 0) is 15.1 Å². The molecule has 1 saturated carbocycles. The quantitative estimate of drug-likeness (QED) is 0.446. The molecule has 2 atom stereocenters. The Morgan fingerprint density at radius 3 is 2.58 bits per heavy atom. The SMILES string of the molecule is Cl.N=CN1CC(COC(=O)[C@](O)(c2ccccc2)[C@@H]2CCC(F)(F)C2)C1. The highest BCUT2D eigenvalue weighted by Crippen LogP contribution is 2.47. The van der Waals surface area contributed by atoms with Crippen LogP contribution in [0.4, 0.5) is 8.78 Å². The zero-order valence-electron chi connectivity index (χ0n) is 14.2. The molecule has 2 N–H and O–H groups in total. The summed E-state index contributed by atoms with van der Waals surface area (Å²) in [6.07, 6.45) is 0.424. The number of hydrogen-bond donors (Lipinski definition) is 2. The average molecular weight is 389 g/mol. The minimum absolute atomic E-state index is 0. The minimum Gasteiger partial charge on any atom is -0.463 e. The molecule has 1 aromatic rings. The van der Waals surface area contributed by atoms with Crippen LogP contribution < -0.4 is 0 Å². The molecule has 1 heterocycles. The first kappa shape index (κ1) is 20.6. The summed E-state index contributed by atoms with van der Waals surface area (Å²) in [5, 5.41) is 18.2. The molecule has 1 saturated heterocycles. The summed E-state index contributed by atoms with van der Waals surface area (Å²) in [6, 6.07) is 8.19. The van der Waals surface area contributed by atoms with Gasteiger partial charge < -0.3 is 14.7 Å². The van der Waals surface area contributed by atoms with E-state index in [1.807, 2.05) is 0 Å². The molecule has 0 bridgehead atoms. The van der Waals surface area contributed by atoms with Gasteiger partial charge in [0, 0.05) is 37.8 Å². The molecule has 2 aliphatic rings. The number of halogens is 3. The average Bonchev–Trinajstić information content (AvgIpc) is 2.94. The number of alkyl halides is 2. The molecule has 0 radical (unpaired) electrons. The number of nitrogens with one attached hydrogen (secondary N) is 1. The van der Waals surface area contributed by atoms with Gasteiger partial charge in [-0.05, 0) is 12.0 Å². The summed E-state index contributed by atoms with van der Waals surface area (Å²) in [6.45, 7) is 1.34. The standard InChI is InChI=1S/C18H22F2N2O3.ClH/c19-17(20)7-6-15(8-17)18(24,14-4-2-1-3-5-14)16(23)25-11-13-9-22(10-13)12-21;/h1-5,12-13,15,21,24H,6-11H2;1H/t15-,18+;/m1./s1. The first-order valence-corrected chi connectivity index (χ1v) is 8.43. The van der Waals surface area contributed by atoms with E-state index in [2.05, 4.69) is 0 Å². The summed E-state index contributed by atoms with van der Waals surface area (Å²) >= 11 is 0. The van der Waals surface area contributed by atoms with Crippen LogP contribution in [0.25, 0.3) is 0 Å². The molecule has 1 aliphatic carbocycles. The smallest absolute Gasteiger partial charge is 0.343 e. The molecule has 3 rings (SSSR count). The van der Waals surface area contributed by atoms with Gasteiger partial charge in [0.15, 0.2) is 5.60 Å². The van der Waals surface area contributed by atoms with Crippen LogP contribution >= 0.6 is 12.4 Å². The zero-order valence-corrected chi connectivity index (χ0v) is 15.1. The van der Waals surface area contributed by atoms with Crippen molar-refractivity contribution in [3.8, 4) is 0 Å². The highest BCUT2D eigenvalue weighted by atomic mass is 35.5. The van der Waals surface area contributed by atoms with E-state index in [-0.39, 0.29) is 43.3 Å². The van der Waals surface area contributed by atoms with Gasteiger partial charge in [-0.2, -0.15) is 0 Å². The number of benzene rings is 1. The number of nitrogens with zero attached hydrogens (tertiary/aromatic N) is 1. The van der Waals surface area contributed by atoms with E-state index in [1.54, 1.807) is 35.2 Å². The number of likely N-dealkylation sites (tertiary alicyclic amines) is 1. The molecule has 5 nitrogen and oxygen atoms in total. The van der Waals surface area contributed by atoms with Gasteiger partial charge in [-0.25, -0.2) is 13.6 Å². The Morgan fingerprint density at radius 2 is 2.04 bits per heavy atom. The van der Waals surface area contributed by atoms with Crippen LogP contribution in [0.5, 0.6) is 0 Å². The predicted molar refractivity (Wildman–Crippen MR) is 94.7 cm³/mol. The van der Waals surface area contributed by atoms with Crippen molar-refractivity contribution in [2.24, 2.45) is 11.8 Å². The van der Waals surface area contributed by atoms with Crippen molar-refractivity contribution in [3.63, 3.8) is 0 Å². The van der Waals surface area contributed by atoms with Gasteiger partial charge in [0.05, 0.1) is 12.9 Å². The van der Waals surface area contributed by atoms with Crippen molar-refractivity contribution in [1.29, 1.82) is 5.41 Å². The first-order chi connectivity index (χ1) is 11.8. The Hall–Kier alpha value is -1.73. The van der Waals surface area contributed by atoms with E-state index in [0.29, 0.717) is 13.1 Å². The van der Waals surface area contributed by atoms with Crippen molar-refractivity contribution < 1.29 is 23.4 Å². The molecule has 0 amide bonds. The Bertz CT molecular complexity index is 641. The molecule has 1 aliphatic heterocycles. The largest absolute Gasteiger partial charge is 0.463 e. The van der Waals surface area contributed by atoms with Gasteiger partial charge in [-0.1, -0.05) is 30.3 Å². The third kappa shape index (κ3) is 3.99. The predicted octanol–water partition coefficient (Wildman–Crippen LogP) is 2.81. The van der Waals surface area contributed by atoms with Crippen LogP contribution in [0.3, 0.4) is 0 Å². The van der Waals surface area contributed by atoms with Crippen molar-refractivity contribution in [2.45, 2.75) is 30.8 Å². The number of aliphatic hydroxyl groups is 1. The van der Waals surface area contributed by atoms with Crippen LogP contribution in [0.1, 0.15) is 24.8 Å². The van der Waals surface area contributed by atoms with Gasteiger partial charge in [0.2, 0.25) is 5.92 Å². The van der Waals surface area contributed by atoms with Gasteiger partial charge in [0.25, 0.3) is 0 Å². The highest BCUT2D eigenvalue weighted by molar-refractivity contribution is 5.85. The van der Waals surface area contributed by atoms with Gasteiger partial charge in [-0.15, -0.1) is 12.4 Å². The molecule has 0 spiro atoms. The second kappa shape index (κ2) is 7.88. The zero-order chi connectivity index (χ0) is 18.1. The summed E-state index contributed by atoms with van der Waals surface area (Å²) in [7, 11) is 0. The minimum atomic E-state index is -2.87. The second-order valence-electron chi connectivity index (χ2n) is 6.98. The highest BCUT2D eigenvalue weighted by Gasteiger charge is 2.54. The molecule has 1 aromatic carbocycles. The number of rotatable bonds is 6. The molecular formula is C18H23ClF2N2O3. The number of ether oxygens (including phenoxy) is 1. The second-order valence-corrected chi connectivity index (χ2v) is 6.98. The third-order valence-corrected chi connectivity index (χ3v) is 5.14. The van der Waals surface area contributed by atoms with Gasteiger partial charge >= 0.3 is 5.97 Å². The fraction of sp³-hybridized carbons (Fsp3) is 0.556. The molecule has 2 fully saturated rings. The molecule has 0 aromatic heterocycles. The number of esters is 1. The number of carbonyl (C=O) groups excluding carboxylic acids is 1. The fourth-order valence-electron chi connectivity index (χ4n) is 3.64. The van der Waals surface area contributed by atoms with Crippen LogP contribution in [-0.4, -0.2) is 47.9 Å². The maximum absolute atomic E-state index is 13.7. The summed E-state index contributed by atoms with van der Waals surface area (Å²) < 4.78 is 32.7. The van der Waals surface area contributed by atoms with Crippen molar-refractivity contribution in [2.75, 3.05) is 19.7 Å². The topological polar surface area (TPSA) is 73.6 Å². The summed E-state index contributed by atoms with van der Waals surface area (Å²) in [5.74, 6) is -4.52. The Labute approximate surface area is 157 Å². The van der Waals surface area contributed by atoms with E-state index >= 15 is 0 Å². The molecular weight excluding hydrogens is 366 g/mol. The van der Waals surface area contributed by atoms with Gasteiger partial charge in [-0.3, -0.25) is 5.41 Å². The van der Waals surface area contributed by atoms with E-state index in [9.17, 15) is 18.7 Å². The molecule has 144 valence electrons. The molecule has 8 heteroatoms. The van der Waals surface area contributed by atoms with Crippen molar-refractivity contribution in [1.82, 2.24) is 4.90 Å². The normalized spacial score (nSPS) is 24.1. The van der Waals surface area contributed by atoms with Crippen LogP contribution in [0, 0.1) is 17.2 Å². The summed E-state index contributed by atoms with van der Waals surface area (Å²) in [4.78, 5) is 14.4. The lowest BCUT2D eigenvalue weighted by atomic mass is 9.80. The lowest BCUT2D eigenvalue weighted by Gasteiger charge is -2.38. The third-order valence-electron chi connectivity index (χ3n) is 5.14. The van der Waals surface area contributed by atoms with Crippen molar-refractivity contribution in [3.05, 3.63) is 35.9 Å². The maximum atomic E-state index is 13.7. The molecule has 26 heavy (non-hydrogen) atoms. The van der Waals surface area contributed by atoms with Crippen LogP contribution in [0.2, 0.25) is 0 Å². The van der Waals surface area contributed by atoms with E-state index in [4.69, 9.17) is 10.1 Å². The number of hydrogen-bond acceptors (Lipinski definition) is 4. The lowest BCUT2D eigenvalue weighted by molar-refractivity contribution is -0.177. The Kier molecular flexibility index (Phi) is 6.24. The fourth-order valence-corrected chi connectivity index (χ4v) is 3.64. The first-order valence-electron chi connectivity index (χ1n) is 8.43. The molecule has 0 unspecified atom stereocenters. The van der Waals surface area contributed by atoms with Crippen molar-refractivity contribution >= 4 is 24.7 Å². The Morgan fingerprint density at radius 1 is 1.38 bits per heavy atom. The summed E-state index contributed by atoms with van der Waals surface area (Å²) in [5.41, 5.74) is -1.77. The van der Waals surface area contributed by atoms with Crippen LogP contribution in [0.15, 0.2) is 30.3 Å². The van der Waals surface area contributed by atoms with E-state index in [1.165, 1.54) is 6.34 Å². The van der Waals surface area contributed by atoms with E-state index in [0.717, 1.165) is 0 Å². The Balaban J connectivity index is 0.00000243.